The number of nitrogens with two attached hydrogens (primary N) is 1. The summed E-state index contributed by atoms with van der Waals surface area (Å²) in [6.45, 7) is 1.64. The lowest BCUT2D eigenvalue weighted by atomic mass is 10.1. The Morgan fingerprint density at radius 2 is 2.15 bits per heavy atom. The Labute approximate surface area is 113 Å². The van der Waals surface area contributed by atoms with Gasteiger partial charge in [-0.1, -0.05) is 5.16 Å². The SMILES string of the molecule is Cc1occc1C(=O)Nc1ccc(F)cc1/C(N)=N/O. The molecule has 0 unspecified atom stereocenters. The number of furan rings is 1. The Balaban J connectivity index is 2.35. The predicted molar refractivity (Wildman–Crippen MR) is 70.3 cm³/mol. The lowest BCUT2D eigenvalue weighted by molar-refractivity contribution is 0.102. The summed E-state index contributed by atoms with van der Waals surface area (Å²) >= 11 is 0. The molecule has 0 atom stereocenters. The first kappa shape index (κ1) is 13.6. The largest absolute Gasteiger partial charge is 0.469 e. The Morgan fingerprint density at radius 1 is 1.40 bits per heavy atom. The van der Waals surface area contributed by atoms with E-state index in [0.717, 1.165) is 12.1 Å². The van der Waals surface area contributed by atoms with Gasteiger partial charge in [-0.3, -0.25) is 4.79 Å². The third-order valence-corrected chi connectivity index (χ3v) is 2.72. The molecule has 0 bridgehead atoms. The number of carbonyl (C=O) groups excluding carboxylic acids is 1. The van der Waals surface area contributed by atoms with Crippen molar-refractivity contribution in [2.45, 2.75) is 6.92 Å². The molecule has 2 aromatic rings. The second-order valence-corrected chi connectivity index (χ2v) is 4.02. The summed E-state index contributed by atoms with van der Waals surface area (Å²) in [7, 11) is 0. The summed E-state index contributed by atoms with van der Waals surface area (Å²) in [5, 5.41) is 14.0. The number of rotatable bonds is 3. The number of nitrogens with one attached hydrogen (secondary N) is 1. The Kier molecular flexibility index (Phi) is 3.69. The van der Waals surface area contributed by atoms with Crippen LogP contribution in [0.5, 0.6) is 0 Å². The second-order valence-electron chi connectivity index (χ2n) is 4.02. The van der Waals surface area contributed by atoms with E-state index in [2.05, 4.69) is 10.5 Å². The standard InChI is InChI=1S/C13H12FN3O3/c1-7-9(4-5-20-7)13(18)16-11-3-2-8(14)6-10(11)12(15)17-19/h2-6,19H,1H3,(H2,15,17)(H,16,18). The van der Waals surface area contributed by atoms with Crippen LogP contribution in [0.1, 0.15) is 21.7 Å². The van der Waals surface area contributed by atoms with Crippen molar-refractivity contribution in [3.63, 3.8) is 0 Å². The number of hydrogen-bond donors (Lipinski definition) is 3. The van der Waals surface area contributed by atoms with Crippen LogP contribution in [0.4, 0.5) is 10.1 Å². The molecular formula is C13H12FN3O3. The molecule has 0 aliphatic heterocycles. The first-order valence-corrected chi connectivity index (χ1v) is 5.66. The molecule has 0 radical (unpaired) electrons. The summed E-state index contributed by atoms with van der Waals surface area (Å²) in [4.78, 5) is 12.0. The molecule has 4 N–H and O–H groups in total. The quantitative estimate of drug-likeness (QED) is 0.346. The zero-order valence-corrected chi connectivity index (χ0v) is 10.6. The van der Waals surface area contributed by atoms with Gasteiger partial charge >= 0.3 is 0 Å². The van der Waals surface area contributed by atoms with Crippen LogP contribution in [-0.2, 0) is 0 Å². The van der Waals surface area contributed by atoms with Gasteiger partial charge in [-0.15, -0.1) is 0 Å². The monoisotopic (exact) mass is 277 g/mol. The van der Waals surface area contributed by atoms with Crippen LogP contribution in [0.3, 0.4) is 0 Å². The van der Waals surface area contributed by atoms with Crippen LogP contribution < -0.4 is 11.1 Å². The average Bonchev–Trinajstić information content (AvgIpc) is 2.86. The van der Waals surface area contributed by atoms with Gasteiger partial charge in [0.1, 0.15) is 11.6 Å². The third kappa shape index (κ3) is 2.61. The van der Waals surface area contributed by atoms with Gasteiger partial charge in [0.05, 0.1) is 17.5 Å². The minimum Gasteiger partial charge on any atom is -0.469 e. The van der Waals surface area contributed by atoms with Crippen molar-refractivity contribution in [1.29, 1.82) is 0 Å². The summed E-state index contributed by atoms with van der Waals surface area (Å²) in [6, 6.07) is 5.06. The minimum absolute atomic E-state index is 0.0852. The minimum atomic E-state index is -0.566. The lowest BCUT2D eigenvalue weighted by Crippen LogP contribution is -2.19. The summed E-state index contributed by atoms with van der Waals surface area (Å²) in [5.41, 5.74) is 6.11. The van der Waals surface area contributed by atoms with E-state index in [4.69, 9.17) is 15.4 Å². The average molecular weight is 277 g/mol. The van der Waals surface area contributed by atoms with Crippen molar-refractivity contribution in [3.8, 4) is 0 Å². The number of amidine groups is 1. The van der Waals surface area contributed by atoms with Crippen molar-refractivity contribution in [2.24, 2.45) is 10.9 Å². The van der Waals surface area contributed by atoms with E-state index in [9.17, 15) is 9.18 Å². The number of nitrogens with zero attached hydrogens (tertiary/aromatic N) is 1. The van der Waals surface area contributed by atoms with E-state index in [0.29, 0.717) is 11.3 Å². The molecule has 0 saturated heterocycles. The van der Waals surface area contributed by atoms with Gasteiger partial charge in [-0.05, 0) is 31.2 Å². The van der Waals surface area contributed by atoms with Crippen LogP contribution >= 0.6 is 0 Å². The molecule has 0 spiro atoms. The van der Waals surface area contributed by atoms with E-state index < -0.39 is 11.7 Å². The number of carbonyl (C=O) groups is 1. The maximum atomic E-state index is 13.2. The molecule has 7 heteroatoms. The van der Waals surface area contributed by atoms with Gasteiger partial charge in [-0.2, -0.15) is 0 Å². The van der Waals surface area contributed by atoms with Crippen LogP contribution in [0.25, 0.3) is 0 Å². The summed E-state index contributed by atoms with van der Waals surface area (Å²) < 4.78 is 18.2. The lowest BCUT2D eigenvalue weighted by Gasteiger charge is -2.10. The van der Waals surface area contributed by atoms with E-state index in [1.807, 2.05) is 0 Å². The Morgan fingerprint density at radius 3 is 2.75 bits per heavy atom. The van der Waals surface area contributed by atoms with Crippen molar-refractivity contribution < 1.29 is 18.8 Å². The number of amides is 1. The Bertz CT molecular complexity index is 679. The van der Waals surface area contributed by atoms with Crippen LogP contribution in [0.15, 0.2) is 40.1 Å². The molecule has 0 aliphatic rings. The molecule has 2 rings (SSSR count). The fourth-order valence-electron chi connectivity index (χ4n) is 1.70. The van der Waals surface area contributed by atoms with Crippen molar-refractivity contribution in [2.75, 3.05) is 5.32 Å². The van der Waals surface area contributed by atoms with Crippen LogP contribution in [-0.4, -0.2) is 17.0 Å². The van der Waals surface area contributed by atoms with Crippen molar-refractivity contribution in [1.82, 2.24) is 0 Å². The first-order valence-electron chi connectivity index (χ1n) is 5.66. The molecule has 1 heterocycles. The maximum absolute atomic E-state index is 13.2. The Hall–Kier alpha value is -2.83. The number of benzene rings is 1. The van der Waals surface area contributed by atoms with Crippen LogP contribution in [0, 0.1) is 12.7 Å². The van der Waals surface area contributed by atoms with Gasteiger partial charge in [0.2, 0.25) is 0 Å². The topological polar surface area (TPSA) is 101 Å². The normalized spacial score (nSPS) is 11.4. The number of anilines is 1. The first-order chi connectivity index (χ1) is 9.52. The molecule has 0 fully saturated rings. The number of aryl methyl sites for hydroxylation is 1. The van der Waals surface area contributed by atoms with Gasteiger partial charge < -0.3 is 20.7 Å². The number of hydrogen-bond acceptors (Lipinski definition) is 4. The third-order valence-electron chi connectivity index (χ3n) is 2.72. The second kappa shape index (κ2) is 5.43. The number of halogens is 1. The van der Waals surface area contributed by atoms with Crippen molar-refractivity contribution in [3.05, 3.63) is 53.2 Å². The zero-order valence-electron chi connectivity index (χ0n) is 10.6. The van der Waals surface area contributed by atoms with E-state index in [1.165, 1.54) is 18.4 Å². The summed E-state index contributed by atoms with van der Waals surface area (Å²) in [6.07, 6.45) is 1.39. The van der Waals surface area contributed by atoms with Gasteiger partial charge in [0.15, 0.2) is 5.84 Å². The smallest absolute Gasteiger partial charge is 0.259 e. The molecule has 6 nitrogen and oxygen atoms in total. The highest BCUT2D eigenvalue weighted by Crippen LogP contribution is 2.19. The van der Waals surface area contributed by atoms with E-state index in [1.54, 1.807) is 6.92 Å². The molecule has 0 aliphatic carbocycles. The van der Waals surface area contributed by atoms with Crippen LogP contribution in [0.2, 0.25) is 0 Å². The molecule has 104 valence electrons. The van der Waals surface area contributed by atoms with Gasteiger partial charge in [0, 0.05) is 5.56 Å². The fraction of sp³-hybridized carbons (Fsp3) is 0.0769. The molecule has 0 saturated carbocycles. The summed E-state index contributed by atoms with van der Waals surface area (Å²) in [5.74, 6) is -0.849. The molecule has 1 amide bonds. The molecule has 1 aromatic carbocycles. The number of oxime groups is 1. The zero-order chi connectivity index (χ0) is 14.7. The molecule has 1 aromatic heterocycles. The van der Waals surface area contributed by atoms with Gasteiger partial charge in [-0.25, -0.2) is 4.39 Å². The highest BCUT2D eigenvalue weighted by Gasteiger charge is 2.15. The predicted octanol–water partition coefficient (Wildman–Crippen LogP) is 2.07. The fourth-order valence-corrected chi connectivity index (χ4v) is 1.70. The van der Waals surface area contributed by atoms with Gasteiger partial charge in [0.25, 0.3) is 5.91 Å². The molecule has 20 heavy (non-hydrogen) atoms. The van der Waals surface area contributed by atoms with E-state index >= 15 is 0 Å². The van der Waals surface area contributed by atoms with Crippen molar-refractivity contribution >= 4 is 17.4 Å². The maximum Gasteiger partial charge on any atom is 0.259 e. The highest BCUT2D eigenvalue weighted by molar-refractivity contribution is 6.10. The highest BCUT2D eigenvalue weighted by atomic mass is 19.1. The van der Waals surface area contributed by atoms with E-state index in [-0.39, 0.29) is 17.1 Å². The molecular weight excluding hydrogens is 265 g/mol.